The van der Waals surface area contributed by atoms with Gasteiger partial charge in [-0.3, -0.25) is 4.79 Å². The van der Waals surface area contributed by atoms with Crippen LogP contribution in [-0.4, -0.2) is 32.6 Å². The topological polar surface area (TPSA) is 110 Å². The number of anilines is 1. The minimum atomic E-state index is 0.0543. The van der Waals surface area contributed by atoms with Crippen LogP contribution in [0.1, 0.15) is 25.7 Å². The lowest BCUT2D eigenvalue weighted by Gasteiger charge is -2.25. The molecular weight excluding hydrogens is 268 g/mol. The van der Waals surface area contributed by atoms with Crippen LogP contribution in [0.4, 0.5) is 5.69 Å². The molecule has 1 aliphatic carbocycles. The van der Waals surface area contributed by atoms with E-state index in [1.54, 1.807) is 0 Å². The van der Waals surface area contributed by atoms with E-state index < -0.39 is 0 Å². The first-order valence-corrected chi connectivity index (χ1v) is 7.12. The molecule has 2 aromatic rings. The van der Waals surface area contributed by atoms with Gasteiger partial charge in [0.15, 0.2) is 0 Å². The van der Waals surface area contributed by atoms with Crippen LogP contribution in [0.25, 0.3) is 11.4 Å². The average molecular weight is 286 g/mol. The van der Waals surface area contributed by atoms with Gasteiger partial charge in [0.05, 0.1) is 0 Å². The second-order valence-corrected chi connectivity index (χ2v) is 5.42. The van der Waals surface area contributed by atoms with E-state index in [0.717, 1.165) is 36.9 Å². The number of hydrogen-bond donors (Lipinski definition) is 3. The highest BCUT2D eigenvalue weighted by Crippen LogP contribution is 2.25. The Labute approximate surface area is 122 Å². The molecule has 0 unspecified atom stereocenters. The summed E-state index contributed by atoms with van der Waals surface area (Å²) in [4.78, 5) is 12.3. The van der Waals surface area contributed by atoms with E-state index in [1.807, 2.05) is 24.3 Å². The van der Waals surface area contributed by atoms with Crippen LogP contribution in [0.5, 0.6) is 0 Å². The number of hydrogen-bond acceptors (Lipinski definition) is 5. The number of benzene rings is 1. The van der Waals surface area contributed by atoms with Gasteiger partial charge in [-0.05, 0) is 43.0 Å². The Bertz CT molecular complexity index is 604. The molecule has 0 spiro atoms. The lowest BCUT2D eigenvalue weighted by molar-refractivity contribution is -0.120. The number of aromatic nitrogens is 4. The Hall–Kier alpha value is -2.28. The molecule has 1 fully saturated rings. The van der Waals surface area contributed by atoms with Crippen LogP contribution >= 0.6 is 0 Å². The number of tetrazole rings is 1. The van der Waals surface area contributed by atoms with E-state index >= 15 is 0 Å². The minimum Gasteiger partial charge on any atom is -0.328 e. The molecule has 0 atom stereocenters. The quantitative estimate of drug-likeness (QED) is 0.788. The van der Waals surface area contributed by atoms with Crippen LogP contribution in [0, 0.1) is 5.92 Å². The normalized spacial score (nSPS) is 22.0. The molecule has 0 saturated heterocycles. The number of rotatable bonds is 3. The average Bonchev–Trinajstić information content (AvgIpc) is 3.02. The molecule has 7 nitrogen and oxygen atoms in total. The predicted octanol–water partition coefficient (Wildman–Crippen LogP) is 1.32. The van der Waals surface area contributed by atoms with Crippen molar-refractivity contribution in [1.29, 1.82) is 0 Å². The third kappa shape index (κ3) is 3.25. The first-order valence-electron chi connectivity index (χ1n) is 7.12. The van der Waals surface area contributed by atoms with E-state index in [1.165, 1.54) is 0 Å². The van der Waals surface area contributed by atoms with E-state index in [9.17, 15) is 4.79 Å². The number of nitrogens with zero attached hydrogens (tertiary/aromatic N) is 3. The summed E-state index contributed by atoms with van der Waals surface area (Å²) in [6.45, 7) is 0. The lowest BCUT2D eigenvalue weighted by Crippen LogP contribution is -2.32. The summed E-state index contributed by atoms with van der Waals surface area (Å²) in [6, 6.07) is 7.68. The fourth-order valence-corrected chi connectivity index (χ4v) is 2.65. The maximum absolute atomic E-state index is 12.3. The van der Waals surface area contributed by atoms with Crippen molar-refractivity contribution in [2.45, 2.75) is 31.7 Å². The van der Waals surface area contributed by atoms with Gasteiger partial charge in [0.2, 0.25) is 11.7 Å². The fraction of sp³-hybridized carbons (Fsp3) is 0.429. The predicted molar refractivity (Wildman–Crippen MR) is 78.2 cm³/mol. The highest BCUT2D eigenvalue weighted by molar-refractivity contribution is 5.93. The van der Waals surface area contributed by atoms with Crippen molar-refractivity contribution in [2.75, 3.05) is 5.32 Å². The van der Waals surface area contributed by atoms with Crippen LogP contribution in [0.2, 0.25) is 0 Å². The summed E-state index contributed by atoms with van der Waals surface area (Å²) in [6.07, 6.45) is 3.55. The summed E-state index contributed by atoms with van der Waals surface area (Å²) in [5.41, 5.74) is 7.43. The van der Waals surface area contributed by atoms with Gasteiger partial charge in [-0.25, -0.2) is 0 Å². The third-order valence-electron chi connectivity index (χ3n) is 3.88. The highest BCUT2D eigenvalue weighted by Gasteiger charge is 2.24. The van der Waals surface area contributed by atoms with Gasteiger partial charge >= 0.3 is 0 Å². The summed E-state index contributed by atoms with van der Waals surface area (Å²) in [5, 5.41) is 16.8. The molecule has 4 N–H and O–H groups in total. The van der Waals surface area contributed by atoms with Gasteiger partial charge in [-0.15, -0.1) is 10.2 Å². The van der Waals surface area contributed by atoms with Crippen LogP contribution in [0.3, 0.4) is 0 Å². The number of aromatic amines is 1. The number of nitrogens with one attached hydrogen (secondary N) is 2. The Balaban J connectivity index is 1.67. The Morgan fingerprint density at radius 2 is 2.10 bits per heavy atom. The zero-order valence-electron chi connectivity index (χ0n) is 11.6. The lowest BCUT2D eigenvalue weighted by atomic mass is 9.86. The largest absolute Gasteiger partial charge is 0.328 e. The van der Waals surface area contributed by atoms with Crippen LogP contribution in [0.15, 0.2) is 24.3 Å². The smallest absolute Gasteiger partial charge is 0.227 e. The second kappa shape index (κ2) is 6.01. The minimum absolute atomic E-state index is 0.0543. The Morgan fingerprint density at radius 1 is 1.29 bits per heavy atom. The molecule has 0 aliphatic heterocycles. The molecule has 1 heterocycles. The number of carbonyl (C=O) groups excluding carboxylic acids is 1. The number of amides is 1. The highest BCUT2D eigenvalue weighted by atomic mass is 16.1. The molecule has 1 saturated carbocycles. The molecule has 1 aromatic heterocycles. The maximum atomic E-state index is 12.3. The number of carbonyl (C=O) groups is 1. The standard InChI is InChI=1S/C14H18N6O/c15-11-6-4-9(5-7-11)14(21)16-12-3-1-2-10(8-12)13-17-19-20-18-13/h1-3,8-9,11H,4-7,15H2,(H,16,21)(H,17,18,19,20). The van der Waals surface area contributed by atoms with Crippen molar-refractivity contribution in [3.63, 3.8) is 0 Å². The molecule has 1 amide bonds. The zero-order chi connectivity index (χ0) is 14.7. The van der Waals surface area contributed by atoms with Gasteiger partial charge in [0.25, 0.3) is 0 Å². The van der Waals surface area contributed by atoms with Crippen molar-refractivity contribution in [2.24, 2.45) is 11.7 Å². The molecule has 1 aromatic carbocycles. The third-order valence-corrected chi connectivity index (χ3v) is 3.88. The van der Waals surface area contributed by atoms with Crippen molar-refractivity contribution >= 4 is 11.6 Å². The summed E-state index contributed by atoms with van der Waals surface area (Å²) in [5.74, 6) is 0.625. The first kappa shape index (κ1) is 13.7. The molecule has 110 valence electrons. The molecule has 3 rings (SSSR count). The van der Waals surface area contributed by atoms with Gasteiger partial charge in [0, 0.05) is 23.2 Å². The number of nitrogens with two attached hydrogens (primary N) is 1. The van der Waals surface area contributed by atoms with E-state index in [0.29, 0.717) is 5.82 Å². The Morgan fingerprint density at radius 3 is 2.81 bits per heavy atom. The molecule has 0 bridgehead atoms. The van der Waals surface area contributed by atoms with Gasteiger partial charge in [-0.1, -0.05) is 12.1 Å². The van der Waals surface area contributed by atoms with Crippen LogP contribution < -0.4 is 11.1 Å². The fourth-order valence-electron chi connectivity index (χ4n) is 2.65. The molecule has 0 radical (unpaired) electrons. The Kier molecular flexibility index (Phi) is 3.92. The van der Waals surface area contributed by atoms with Gasteiger partial charge < -0.3 is 11.1 Å². The molecule has 7 heteroatoms. The summed E-state index contributed by atoms with van der Waals surface area (Å²) < 4.78 is 0. The maximum Gasteiger partial charge on any atom is 0.227 e. The molecular formula is C14H18N6O. The summed E-state index contributed by atoms with van der Waals surface area (Å²) in [7, 11) is 0. The van der Waals surface area contributed by atoms with Gasteiger partial charge in [0.1, 0.15) is 0 Å². The van der Waals surface area contributed by atoms with Crippen molar-refractivity contribution in [1.82, 2.24) is 20.6 Å². The summed E-state index contributed by atoms with van der Waals surface area (Å²) >= 11 is 0. The van der Waals surface area contributed by atoms with Crippen molar-refractivity contribution in [3.05, 3.63) is 24.3 Å². The van der Waals surface area contributed by atoms with E-state index in [2.05, 4.69) is 25.9 Å². The SMILES string of the molecule is NC1CCC(C(=O)Nc2cccc(-c3nn[nH]n3)c2)CC1. The van der Waals surface area contributed by atoms with Crippen LogP contribution in [-0.2, 0) is 4.79 Å². The van der Waals surface area contributed by atoms with Gasteiger partial charge in [-0.2, -0.15) is 5.21 Å². The molecule has 1 aliphatic rings. The zero-order valence-corrected chi connectivity index (χ0v) is 11.6. The molecule has 21 heavy (non-hydrogen) atoms. The van der Waals surface area contributed by atoms with E-state index in [4.69, 9.17) is 5.73 Å². The van der Waals surface area contributed by atoms with E-state index in [-0.39, 0.29) is 17.9 Å². The monoisotopic (exact) mass is 286 g/mol. The second-order valence-electron chi connectivity index (χ2n) is 5.42. The first-order chi connectivity index (χ1) is 10.2. The van der Waals surface area contributed by atoms with Crippen molar-refractivity contribution in [3.8, 4) is 11.4 Å². The number of H-pyrrole nitrogens is 1. The van der Waals surface area contributed by atoms with Crippen molar-refractivity contribution < 1.29 is 4.79 Å².